The molecule has 0 spiro atoms. The van der Waals surface area contributed by atoms with E-state index in [0.29, 0.717) is 0 Å². The molecule has 19 heavy (non-hydrogen) atoms. The highest BCUT2D eigenvalue weighted by Gasteiger charge is 2.40. The fourth-order valence-corrected chi connectivity index (χ4v) is 3.00. The molecule has 0 N–H and O–H groups in total. The van der Waals surface area contributed by atoms with Crippen molar-refractivity contribution in [2.45, 2.75) is 51.4 Å². The van der Waals surface area contributed by atoms with Gasteiger partial charge in [-0.3, -0.25) is 0 Å². The first-order valence-corrected chi connectivity index (χ1v) is 9.74. The molecule has 104 valence electrons. The van der Waals surface area contributed by atoms with Crippen LogP contribution in [0.4, 0.5) is 0 Å². The normalized spacial score (nSPS) is 18.7. The van der Waals surface area contributed by atoms with Crippen LogP contribution in [0.1, 0.15) is 26.3 Å². The molecule has 0 aliphatic carbocycles. The van der Waals surface area contributed by atoms with E-state index < -0.39 is 8.32 Å². The Hall–Kier alpha value is -1.22. The zero-order chi connectivity index (χ0) is 14.3. The maximum Gasteiger partial charge on any atom is 0.250 e. The van der Waals surface area contributed by atoms with E-state index in [0.717, 1.165) is 17.9 Å². The van der Waals surface area contributed by atoms with E-state index in [9.17, 15) is 0 Å². The lowest BCUT2D eigenvalue weighted by Gasteiger charge is -2.37. The van der Waals surface area contributed by atoms with E-state index in [4.69, 9.17) is 9.16 Å². The number of hydrogen-bond acceptors (Lipinski definition) is 2. The minimum Gasteiger partial charge on any atom is -0.544 e. The minimum absolute atomic E-state index is 0.0356. The van der Waals surface area contributed by atoms with Crippen LogP contribution in [-0.4, -0.2) is 14.4 Å². The van der Waals surface area contributed by atoms with Crippen LogP contribution in [0.15, 0.2) is 36.6 Å². The van der Waals surface area contributed by atoms with Gasteiger partial charge in [-0.1, -0.05) is 45.5 Å². The summed E-state index contributed by atoms with van der Waals surface area (Å²) in [7, 11) is -1.82. The molecule has 3 heteroatoms. The Bertz CT molecular complexity index is 461. The maximum atomic E-state index is 6.24. The average molecular weight is 276 g/mol. The highest BCUT2D eigenvalue weighted by Crippen LogP contribution is 2.39. The first-order valence-electron chi connectivity index (χ1n) is 6.83. The summed E-state index contributed by atoms with van der Waals surface area (Å²) in [5.74, 6) is 1.75. The fraction of sp³-hybridized carbons (Fsp3) is 0.500. The Balaban J connectivity index is 2.05. The predicted octanol–water partition coefficient (Wildman–Crippen LogP) is 4.53. The van der Waals surface area contributed by atoms with Gasteiger partial charge in [-0.15, -0.1) is 0 Å². The van der Waals surface area contributed by atoms with E-state index in [1.165, 1.54) is 5.56 Å². The summed E-state index contributed by atoms with van der Waals surface area (Å²) in [5, 5.41) is 0.182. The van der Waals surface area contributed by atoms with Gasteiger partial charge in [0.25, 0.3) is 0 Å². The van der Waals surface area contributed by atoms with Crippen LogP contribution in [0.25, 0.3) is 0 Å². The van der Waals surface area contributed by atoms with Crippen LogP contribution in [-0.2, 0) is 10.8 Å². The lowest BCUT2D eigenvalue weighted by Crippen LogP contribution is -2.42. The summed E-state index contributed by atoms with van der Waals surface area (Å²) in [5.41, 5.74) is 1.24. The van der Waals surface area contributed by atoms with Gasteiger partial charge in [-0.05, 0) is 29.8 Å². The van der Waals surface area contributed by atoms with Gasteiger partial charge < -0.3 is 9.16 Å². The molecular weight excluding hydrogens is 252 g/mol. The maximum absolute atomic E-state index is 6.24. The van der Waals surface area contributed by atoms with Gasteiger partial charge in [0.15, 0.2) is 6.10 Å². The standard InChI is InChI=1S/C16H24O2Si/c1-12(18-19(5,6)16(2,3)4)15-11-13-9-7-8-10-14(13)17-15/h7-10,15H,1,11H2,2-6H3/t15-/m0/s1. The molecule has 0 saturated carbocycles. The summed E-state index contributed by atoms with van der Waals surface area (Å²) in [6.07, 6.45) is 0.829. The Labute approximate surface area is 117 Å². The number of benzene rings is 1. The van der Waals surface area contributed by atoms with E-state index >= 15 is 0 Å². The molecule has 0 amide bonds. The zero-order valence-electron chi connectivity index (χ0n) is 12.6. The smallest absolute Gasteiger partial charge is 0.250 e. The van der Waals surface area contributed by atoms with Crippen LogP contribution < -0.4 is 4.74 Å². The van der Waals surface area contributed by atoms with E-state index in [-0.39, 0.29) is 11.1 Å². The lowest BCUT2D eigenvalue weighted by atomic mass is 10.1. The number of rotatable bonds is 3. The van der Waals surface area contributed by atoms with Crippen molar-refractivity contribution in [3.8, 4) is 5.75 Å². The van der Waals surface area contributed by atoms with Gasteiger partial charge in [0.2, 0.25) is 8.32 Å². The van der Waals surface area contributed by atoms with Crippen molar-refractivity contribution in [2.75, 3.05) is 0 Å². The summed E-state index contributed by atoms with van der Waals surface area (Å²) >= 11 is 0. The number of ether oxygens (including phenoxy) is 1. The van der Waals surface area contributed by atoms with Gasteiger partial charge >= 0.3 is 0 Å². The molecule has 0 aromatic heterocycles. The molecule has 2 rings (SSSR count). The molecule has 1 heterocycles. The van der Waals surface area contributed by atoms with E-state index in [2.05, 4.69) is 46.5 Å². The van der Waals surface area contributed by atoms with Gasteiger partial charge in [0.05, 0.1) is 0 Å². The van der Waals surface area contributed by atoms with Crippen LogP contribution in [0.5, 0.6) is 5.75 Å². The first-order chi connectivity index (χ1) is 8.71. The summed E-state index contributed by atoms with van der Waals surface area (Å²) in [6.45, 7) is 15.3. The molecule has 1 aliphatic heterocycles. The van der Waals surface area contributed by atoms with Crippen molar-refractivity contribution in [1.82, 2.24) is 0 Å². The number of fused-ring (bicyclic) bond motifs is 1. The third-order valence-electron chi connectivity index (χ3n) is 4.20. The van der Waals surface area contributed by atoms with Crippen LogP contribution >= 0.6 is 0 Å². The lowest BCUT2D eigenvalue weighted by molar-refractivity contribution is 0.202. The Morgan fingerprint density at radius 3 is 2.53 bits per heavy atom. The van der Waals surface area contributed by atoms with Crippen LogP contribution in [0, 0.1) is 0 Å². The molecular formula is C16H24O2Si. The van der Waals surface area contributed by atoms with Gasteiger partial charge in [-0.25, -0.2) is 0 Å². The number of hydrogen-bond donors (Lipinski definition) is 0. The van der Waals surface area contributed by atoms with Crippen LogP contribution in [0.2, 0.25) is 18.1 Å². The molecule has 0 fully saturated rings. The van der Waals surface area contributed by atoms with Gasteiger partial charge in [0, 0.05) is 6.42 Å². The summed E-state index contributed by atoms with van der Waals surface area (Å²) in [6, 6.07) is 8.16. The molecule has 1 aliphatic rings. The first kappa shape index (κ1) is 14.2. The Morgan fingerprint density at radius 1 is 1.32 bits per heavy atom. The highest BCUT2D eigenvalue weighted by atomic mass is 28.4. The van der Waals surface area contributed by atoms with Crippen molar-refractivity contribution < 1.29 is 9.16 Å². The highest BCUT2D eigenvalue weighted by molar-refractivity contribution is 6.74. The predicted molar refractivity (Wildman–Crippen MR) is 82.0 cm³/mol. The van der Waals surface area contributed by atoms with Crippen molar-refractivity contribution in [3.63, 3.8) is 0 Å². The Morgan fingerprint density at radius 2 is 1.95 bits per heavy atom. The van der Waals surface area contributed by atoms with Gasteiger partial charge in [0.1, 0.15) is 11.5 Å². The molecule has 0 saturated heterocycles. The number of para-hydroxylation sites is 1. The topological polar surface area (TPSA) is 18.5 Å². The second-order valence-corrected chi connectivity index (χ2v) is 11.5. The van der Waals surface area contributed by atoms with E-state index in [1.54, 1.807) is 0 Å². The fourth-order valence-electron chi connectivity index (χ4n) is 1.91. The quantitative estimate of drug-likeness (QED) is 0.596. The second-order valence-electron chi connectivity index (χ2n) is 6.75. The monoisotopic (exact) mass is 276 g/mol. The molecule has 0 bridgehead atoms. The zero-order valence-corrected chi connectivity index (χ0v) is 13.6. The molecule has 1 aromatic rings. The van der Waals surface area contributed by atoms with Crippen LogP contribution in [0.3, 0.4) is 0 Å². The molecule has 1 aromatic carbocycles. The second kappa shape index (κ2) is 4.71. The third-order valence-corrected chi connectivity index (χ3v) is 8.58. The average Bonchev–Trinajstić information content (AvgIpc) is 2.70. The van der Waals surface area contributed by atoms with Crippen molar-refractivity contribution in [3.05, 3.63) is 42.2 Å². The van der Waals surface area contributed by atoms with Crippen molar-refractivity contribution in [2.24, 2.45) is 0 Å². The molecule has 0 unspecified atom stereocenters. The van der Waals surface area contributed by atoms with Gasteiger partial charge in [-0.2, -0.15) is 0 Å². The van der Waals surface area contributed by atoms with Crippen molar-refractivity contribution >= 4 is 8.32 Å². The summed E-state index contributed by atoms with van der Waals surface area (Å²) in [4.78, 5) is 0. The molecule has 0 radical (unpaired) electrons. The van der Waals surface area contributed by atoms with E-state index in [1.807, 2.05) is 18.2 Å². The molecule has 2 nitrogen and oxygen atoms in total. The SMILES string of the molecule is C=C(O[Si](C)(C)C(C)(C)C)[C@@H]1Cc2ccccc2O1. The Kier molecular flexibility index (Phi) is 3.52. The summed E-state index contributed by atoms with van der Waals surface area (Å²) < 4.78 is 12.2. The van der Waals surface area contributed by atoms with Crippen molar-refractivity contribution in [1.29, 1.82) is 0 Å². The largest absolute Gasteiger partial charge is 0.544 e. The third kappa shape index (κ3) is 2.86. The minimum atomic E-state index is -1.82. The molecule has 1 atom stereocenters.